The molecule has 1 aromatic heterocycles. The van der Waals surface area contributed by atoms with E-state index in [0.717, 1.165) is 5.75 Å². The Balaban J connectivity index is 1.92. The van der Waals surface area contributed by atoms with Crippen molar-refractivity contribution in [1.82, 2.24) is 10.2 Å². The number of benzene rings is 1. The van der Waals surface area contributed by atoms with Crippen LogP contribution < -0.4 is 5.73 Å². The van der Waals surface area contributed by atoms with Crippen molar-refractivity contribution < 1.29 is 4.42 Å². The summed E-state index contributed by atoms with van der Waals surface area (Å²) in [6.45, 7) is 0.288. The Bertz CT molecular complexity index is 470. The van der Waals surface area contributed by atoms with E-state index in [1.807, 2.05) is 0 Å². The summed E-state index contributed by atoms with van der Waals surface area (Å²) in [7, 11) is 0. The lowest BCUT2D eigenvalue weighted by Crippen LogP contribution is -1.95. The van der Waals surface area contributed by atoms with Crippen LogP contribution in [-0.2, 0) is 12.3 Å². The predicted molar refractivity (Wildman–Crippen MR) is 70.0 cm³/mol. The van der Waals surface area contributed by atoms with Gasteiger partial charge in [0.1, 0.15) is 0 Å². The molecule has 17 heavy (non-hydrogen) atoms. The zero-order chi connectivity index (χ0) is 12.1. The lowest BCUT2D eigenvalue weighted by Gasteiger charge is -2.00. The van der Waals surface area contributed by atoms with Crippen LogP contribution >= 0.6 is 23.5 Å². The van der Waals surface area contributed by atoms with Gasteiger partial charge < -0.3 is 10.2 Å². The number of thioether (sulfide) groups is 2. The maximum absolute atomic E-state index is 5.39. The highest BCUT2D eigenvalue weighted by molar-refractivity contribution is 7.98. The molecule has 2 rings (SSSR count). The van der Waals surface area contributed by atoms with E-state index in [4.69, 9.17) is 10.2 Å². The Labute approximate surface area is 108 Å². The summed E-state index contributed by atoms with van der Waals surface area (Å²) in [5.74, 6) is 1.30. The normalized spacial score (nSPS) is 10.7. The SMILES string of the molecule is CSc1ccc(CSc2nnc(CN)o2)cc1. The van der Waals surface area contributed by atoms with Gasteiger partial charge in [0.15, 0.2) is 0 Å². The molecule has 0 aliphatic carbocycles. The van der Waals surface area contributed by atoms with Gasteiger partial charge >= 0.3 is 0 Å². The molecule has 0 saturated heterocycles. The Kier molecular flexibility index (Phi) is 4.47. The molecule has 2 N–H and O–H groups in total. The molecule has 90 valence electrons. The lowest BCUT2D eigenvalue weighted by molar-refractivity contribution is 0.415. The number of hydrogen-bond acceptors (Lipinski definition) is 6. The van der Waals surface area contributed by atoms with Gasteiger partial charge in [0.25, 0.3) is 5.22 Å². The van der Waals surface area contributed by atoms with E-state index in [1.165, 1.54) is 22.2 Å². The minimum absolute atomic E-state index is 0.288. The van der Waals surface area contributed by atoms with Crippen molar-refractivity contribution in [3.63, 3.8) is 0 Å². The van der Waals surface area contributed by atoms with Crippen LogP contribution in [0.2, 0.25) is 0 Å². The van der Waals surface area contributed by atoms with Crippen molar-refractivity contribution >= 4 is 23.5 Å². The Morgan fingerprint density at radius 1 is 1.24 bits per heavy atom. The van der Waals surface area contributed by atoms with Crippen molar-refractivity contribution in [3.05, 3.63) is 35.7 Å². The standard InChI is InChI=1S/C11H13N3OS2/c1-16-9-4-2-8(3-5-9)7-17-11-14-13-10(6-12)15-11/h2-5H,6-7,12H2,1H3. The average molecular weight is 267 g/mol. The summed E-state index contributed by atoms with van der Waals surface area (Å²) < 4.78 is 5.31. The molecule has 0 unspecified atom stereocenters. The molecule has 0 atom stereocenters. The summed E-state index contributed by atoms with van der Waals surface area (Å²) in [5.41, 5.74) is 6.63. The molecule has 2 aromatic rings. The van der Waals surface area contributed by atoms with Crippen LogP contribution in [0.15, 0.2) is 38.8 Å². The molecule has 0 aliphatic rings. The minimum Gasteiger partial charge on any atom is -0.415 e. The lowest BCUT2D eigenvalue weighted by atomic mass is 10.2. The van der Waals surface area contributed by atoms with Gasteiger partial charge in [-0.25, -0.2) is 0 Å². The van der Waals surface area contributed by atoms with Gasteiger partial charge in [-0.1, -0.05) is 23.9 Å². The third-order valence-corrected chi connectivity index (χ3v) is 3.78. The van der Waals surface area contributed by atoms with Crippen molar-refractivity contribution in [2.45, 2.75) is 22.4 Å². The molecule has 0 radical (unpaired) electrons. The largest absolute Gasteiger partial charge is 0.415 e. The quantitative estimate of drug-likeness (QED) is 0.840. The number of rotatable bonds is 5. The molecule has 0 fully saturated rings. The average Bonchev–Trinajstić information content (AvgIpc) is 2.85. The first-order valence-electron chi connectivity index (χ1n) is 5.10. The number of nitrogens with zero attached hydrogens (tertiary/aromatic N) is 2. The molecule has 0 spiro atoms. The highest BCUT2D eigenvalue weighted by atomic mass is 32.2. The van der Waals surface area contributed by atoms with Crippen LogP contribution in [0, 0.1) is 0 Å². The zero-order valence-electron chi connectivity index (χ0n) is 9.42. The first-order valence-corrected chi connectivity index (χ1v) is 7.31. The van der Waals surface area contributed by atoms with E-state index < -0.39 is 0 Å². The van der Waals surface area contributed by atoms with E-state index in [1.54, 1.807) is 11.8 Å². The van der Waals surface area contributed by atoms with Crippen LogP contribution in [0.25, 0.3) is 0 Å². The summed E-state index contributed by atoms with van der Waals surface area (Å²) in [6, 6.07) is 8.44. The second-order valence-electron chi connectivity index (χ2n) is 3.30. The highest BCUT2D eigenvalue weighted by Crippen LogP contribution is 2.23. The van der Waals surface area contributed by atoms with Crippen molar-refractivity contribution in [2.75, 3.05) is 6.26 Å². The Hall–Kier alpha value is -0.980. The summed E-state index contributed by atoms with van der Waals surface area (Å²) >= 11 is 3.26. The summed E-state index contributed by atoms with van der Waals surface area (Å²) in [4.78, 5) is 1.27. The number of nitrogens with two attached hydrogens (primary N) is 1. The van der Waals surface area contributed by atoms with Gasteiger partial charge in [-0.15, -0.1) is 22.0 Å². The van der Waals surface area contributed by atoms with Crippen LogP contribution in [0.3, 0.4) is 0 Å². The van der Waals surface area contributed by atoms with Gasteiger partial charge in [-0.05, 0) is 24.0 Å². The van der Waals surface area contributed by atoms with Gasteiger partial charge in [0.2, 0.25) is 5.89 Å². The van der Waals surface area contributed by atoms with Gasteiger partial charge in [0, 0.05) is 10.6 Å². The van der Waals surface area contributed by atoms with Crippen molar-refractivity contribution in [1.29, 1.82) is 0 Å². The number of hydrogen-bond donors (Lipinski definition) is 1. The van der Waals surface area contributed by atoms with Gasteiger partial charge in [-0.3, -0.25) is 0 Å². The second kappa shape index (κ2) is 6.09. The Morgan fingerprint density at radius 2 is 2.00 bits per heavy atom. The van der Waals surface area contributed by atoms with Gasteiger partial charge in [-0.2, -0.15) is 0 Å². The fraction of sp³-hybridized carbons (Fsp3) is 0.273. The second-order valence-corrected chi connectivity index (χ2v) is 5.11. The minimum atomic E-state index is 0.288. The number of aromatic nitrogens is 2. The first-order chi connectivity index (χ1) is 8.31. The van der Waals surface area contributed by atoms with Crippen LogP contribution in [0.5, 0.6) is 0 Å². The maximum Gasteiger partial charge on any atom is 0.276 e. The van der Waals surface area contributed by atoms with Crippen LogP contribution in [-0.4, -0.2) is 16.5 Å². The highest BCUT2D eigenvalue weighted by Gasteiger charge is 2.05. The van der Waals surface area contributed by atoms with Gasteiger partial charge in [0.05, 0.1) is 6.54 Å². The molecule has 1 heterocycles. The van der Waals surface area contributed by atoms with Crippen LogP contribution in [0.4, 0.5) is 0 Å². The van der Waals surface area contributed by atoms with Crippen molar-refractivity contribution in [2.24, 2.45) is 5.73 Å². The molecule has 0 bridgehead atoms. The first kappa shape index (κ1) is 12.5. The molecule has 0 aliphatic heterocycles. The molecule has 0 amide bonds. The molecule has 1 aromatic carbocycles. The predicted octanol–water partition coefficient (Wildman–Crippen LogP) is 2.54. The van der Waals surface area contributed by atoms with E-state index in [-0.39, 0.29) is 6.54 Å². The Morgan fingerprint density at radius 3 is 2.59 bits per heavy atom. The summed E-state index contributed by atoms with van der Waals surface area (Å²) in [5, 5.41) is 8.28. The molecular weight excluding hydrogens is 254 g/mol. The maximum atomic E-state index is 5.39. The summed E-state index contributed by atoms with van der Waals surface area (Å²) in [6.07, 6.45) is 2.07. The zero-order valence-corrected chi connectivity index (χ0v) is 11.1. The fourth-order valence-electron chi connectivity index (χ4n) is 1.25. The van der Waals surface area contributed by atoms with Crippen molar-refractivity contribution in [3.8, 4) is 0 Å². The van der Waals surface area contributed by atoms with E-state index >= 15 is 0 Å². The molecule has 0 saturated carbocycles. The van der Waals surface area contributed by atoms with E-state index in [9.17, 15) is 0 Å². The molecule has 6 heteroatoms. The topological polar surface area (TPSA) is 64.9 Å². The molecule has 4 nitrogen and oxygen atoms in total. The van der Waals surface area contributed by atoms with E-state index in [2.05, 4.69) is 40.7 Å². The van der Waals surface area contributed by atoms with E-state index in [0.29, 0.717) is 11.1 Å². The fourth-order valence-corrected chi connectivity index (χ4v) is 2.39. The van der Waals surface area contributed by atoms with Crippen LogP contribution in [0.1, 0.15) is 11.5 Å². The smallest absolute Gasteiger partial charge is 0.276 e. The monoisotopic (exact) mass is 267 g/mol. The third-order valence-electron chi connectivity index (χ3n) is 2.14. The molecular formula is C11H13N3OS2. The third kappa shape index (κ3) is 3.49.